The molecule has 1 aromatic carbocycles. The SMILES string of the molecule is Cc1ccc(-n2nnc(C(=O)NC[C@@H]3CCCO3)c2-c2ccncc2)cc1C. The fourth-order valence-electron chi connectivity index (χ4n) is 3.34. The van der Waals surface area contributed by atoms with Gasteiger partial charge in [0.15, 0.2) is 5.69 Å². The smallest absolute Gasteiger partial charge is 0.274 e. The summed E-state index contributed by atoms with van der Waals surface area (Å²) in [6, 6.07) is 9.78. The van der Waals surface area contributed by atoms with Crippen LogP contribution in [0.25, 0.3) is 16.9 Å². The minimum absolute atomic E-state index is 0.0723. The number of hydrogen-bond donors (Lipinski definition) is 1. The van der Waals surface area contributed by atoms with Crippen LogP contribution in [-0.2, 0) is 4.74 Å². The molecule has 1 atom stereocenters. The Morgan fingerprint density at radius 1 is 1.21 bits per heavy atom. The molecule has 1 aliphatic rings. The molecule has 3 heterocycles. The van der Waals surface area contributed by atoms with Gasteiger partial charge in [-0.2, -0.15) is 0 Å². The molecule has 0 radical (unpaired) electrons. The molecular weight excluding hydrogens is 354 g/mol. The van der Waals surface area contributed by atoms with Crippen LogP contribution >= 0.6 is 0 Å². The fraction of sp³-hybridized carbons (Fsp3) is 0.333. The van der Waals surface area contributed by atoms with Crippen molar-refractivity contribution in [2.45, 2.75) is 32.8 Å². The van der Waals surface area contributed by atoms with Crippen LogP contribution < -0.4 is 5.32 Å². The van der Waals surface area contributed by atoms with Crippen molar-refractivity contribution in [3.05, 3.63) is 59.5 Å². The second-order valence-corrected chi connectivity index (χ2v) is 7.05. The van der Waals surface area contributed by atoms with E-state index in [1.54, 1.807) is 17.1 Å². The maximum atomic E-state index is 12.9. The van der Waals surface area contributed by atoms with Crippen molar-refractivity contribution in [2.24, 2.45) is 0 Å². The highest BCUT2D eigenvalue weighted by atomic mass is 16.5. The van der Waals surface area contributed by atoms with Crippen molar-refractivity contribution in [3.63, 3.8) is 0 Å². The quantitative estimate of drug-likeness (QED) is 0.739. The Labute approximate surface area is 163 Å². The Kier molecular flexibility index (Phi) is 5.16. The number of nitrogens with zero attached hydrogens (tertiary/aromatic N) is 4. The van der Waals surface area contributed by atoms with Crippen molar-refractivity contribution in [2.75, 3.05) is 13.2 Å². The zero-order valence-electron chi connectivity index (χ0n) is 16.1. The third kappa shape index (κ3) is 3.66. The predicted molar refractivity (Wildman–Crippen MR) is 105 cm³/mol. The molecule has 4 rings (SSSR count). The highest BCUT2D eigenvalue weighted by Gasteiger charge is 2.24. The molecule has 1 amide bonds. The Bertz CT molecular complexity index is 978. The molecule has 2 aromatic heterocycles. The van der Waals surface area contributed by atoms with Gasteiger partial charge in [0.25, 0.3) is 5.91 Å². The molecule has 1 aliphatic heterocycles. The van der Waals surface area contributed by atoms with Gasteiger partial charge in [-0.15, -0.1) is 5.10 Å². The van der Waals surface area contributed by atoms with Crippen molar-refractivity contribution >= 4 is 5.91 Å². The van der Waals surface area contributed by atoms with Crippen LogP contribution in [0, 0.1) is 13.8 Å². The normalized spacial score (nSPS) is 16.3. The van der Waals surface area contributed by atoms with Gasteiger partial charge in [-0.25, -0.2) is 4.68 Å². The lowest BCUT2D eigenvalue weighted by Gasteiger charge is -2.12. The molecule has 144 valence electrons. The third-order valence-electron chi connectivity index (χ3n) is 5.09. The van der Waals surface area contributed by atoms with E-state index in [0.717, 1.165) is 36.3 Å². The third-order valence-corrected chi connectivity index (χ3v) is 5.09. The molecule has 1 saturated heterocycles. The van der Waals surface area contributed by atoms with Crippen LogP contribution in [0.1, 0.15) is 34.5 Å². The Hall–Kier alpha value is -3.06. The number of hydrogen-bond acceptors (Lipinski definition) is 5. The van der Waals surface area contributed by atoms with E-state index >= 15 is 0 Å². The number of nitrogens with one attached hydrogen (secondary N) is 1. The molecule has 0 bridgehead atoms. The predicted octanol–water partition coefficient (Wildman–Crippen LogP) is 2.85. The van der Waals surface area contributed by atoms with Gasteiger partial charge >= 0.3 is 0 Å². The minimum atomic E-state index is -0.252. The van der Waals surface area contributed by atoms with E-state index in [9.17, 15) is 4.79 Å². The van der Waals surface area contributed by atoms with Gasteiger partial charge in [-0.05, 0) is 62.1 Å². The summed E-state index contributed by atoms with van der Waals surface area (Å²) in [4.78, 5) is 16.9. The summed E-state index contributed by atoms with van der Waals surface area (Å²) in [6.45, 7) is 5.35. The molecule has 0 spiro atoms. The number of carbonyl (C=O) groups is 1. The fourth-order valence-corrected chi connectivity index (χ4v) is 3.34. The van der Waals surface area contributed by atoms with E-state index in [0.29, 0.717) is 17.9 Å². The lowest BCUT2D eigenvalue weighted by molar-refractivity contribution is 0.0854. The highest BCUT2D eigenvalue weighted by molar-refractivity contribution is 5.98. The zero-order valence-corrected chi connectivity index (χ0v) is 16.1. The van der Waals surface area contributed by atoms with Crippen molar-refractivity contribution < 1.29 is 9.53 Å². The standard InChI is InChI=1S/C21H23N5O2/c1-14-5-6-17(12-15(14)2)26-20(16-7-9-22-10-8-16)19(24-25-26)21(27)23-13-18-4-3-11-28-18/h5-10,12,18H,3-4,11,13H2,1-2H3,(H,23,27)/t18-/m0/s1. The topological polar surface area (TPSA) is 81.9 Å². The van der Waals surface area contributed by atoms with Crippen LogP contribution in [0.2, 0.25) is 0 Å². The number of aromatic nitrogens is 4. The van der Waals surface area contributed by atoms with Gasteiger partial charge in [0.05, 0.1) is 11.8 Å². The number of amides is 1. The van der Waals surface area contributed by atoms with E-state index < -0.39 is 0 Å². The van der Waals surface area contributed by atoms with Crippen molar-refractivity contribution in [1.29, 1.82) is 0 Å². The maximum Gasteiger partial charge on any atom is 0.274 e. The van der Waals surface area contributed by atoms with Crippen LogP contribution in [0.3, 0.4) is 0 Å². The first-order chi connectivity index (χ1) is 13.6. The summed E-state index contributed by atoms with van der Waals surface area (Å²) < 4.78 is 7.30. The molecule has 0 unspecified atom stereocenters. The van der Waals surface area contributed by atoms with Gasteiger partial charge in [-0.1, -0.05) is 11.3 Å². The molecule has 0 saturated carbocycles. The first-order valence-electron chi connectivity index (χ1n) is 9.47. The molecule has 7 heteroatoms. The molecule has 28 heavy (non-hydrogen) atoms. The summed E-state index contributed by atoms with van der Waals surface area (Å²) in [7, 11) is 0. The summed E-state index contributed by atoms with van der Waals surface area (Å²) in [5.74, 6) is -0.252. The number of carbonyl (C=O) groups excluding carboxylic acids is 1. The molecule has 1 N–H and O–H groups in total. The van der Waals surface area contributed by atoms with E-state index in [1.165, 1.54) is 5.56 Å². The zero-order chi connectivity index (χ0) is 19.5. The summed E-state index contributed by atoms with van der Waals surface area (Å²) in [5, 5.41) is 11.4. The average molecular weight is 377 g/mol. The van der Waals surface area contributed by atoms with Crippen molar-refractivity contribution in [1.82, 2.24) is 25.3 Å². The number of ether oxygens (including phenoxy) is 1. The highest BCUT2D eigenvalue weighted by Crippen LogP contribution is 2.26. The largest absolute Gasteiger partial charge is 0.376 e. The van der Waals surface area contributed by atoms with Gasteiger partial charge in [0, 0.05) is 31.1 Å². The average Bonchev–Trinajstić information content (AvgIpc) is 3.39. The number of aryl methyl sites for hydroxylation is 2. The van der Waals surface area contributed by atoms with E-state index in [-0.39, 0.29) is 12.0 Å². The van der Waals surface area contributed by atoms with Gasteiger partial charge in [0.2, 0.25) is 0 Å². The Balaban J connectivity index is 1.71. The van der Waals surface area contributed by atoms with E-state index in [4.69, 9.17) is 4.74 Å². The van der Waals surface area contributed by atoms with Gasteiger partial charge in [0.1, 0.15) is 5.69 Å². The van der Waals surface area contributed by atoms with Crippen molar-refractivity contribution in [3.8, 4) is 16.9 Å². The summed E-state index contributed by atoms with van der Waals surface area (Å²) in [6.07, 6.45) is 5.46. The second-order valence-electron chi connectivity index (χ2n) is 7.05. The lowest BCUT2D eigenvalue weighted by Crippen LogP contribution is -2.32. The summed E-state index contributed by atoms with van der Waals surface area (Å²) in [5.41, 5.74) is 4.99. The van der Waals surface area contributed by atoms with Crippen LogP contribution in [-0.4, -0.2) is 45.1 Å². The van der Waals surface area contributed by atoms with E-state index in [1.807, 2.05) is 30.3 Å². The number of pyridine rings is 1. The second kappa shape index (κ2) is 7.90. The molecule has 0 aliphatic carbocycles. The summed E-state index contributed by atoms with van der Waals surface area (Å²) >= 11 is 0. The Morgan fingerprint density at radius 3 is 2.75 bits per heavy atom. The van der Waals surface area contributed by atoms with Crippen LogP contribution in [0.5, 0.6) is 0 Å². The minimum Gasteiger partial charge on any atom is -0.376 e. The van der Waals surface area contributed by atoms with E-state index in [2.05, 4.69) is 34.5 Å². The molecule has 3 aromatic rings. The number of benzene rings is 1. The lowest BCUT2D eigenvalue weighted by atomic mass is 10.1. The molecular formula is C21H23N5O2. The molecule has 7 nitrogen and oxygen atoms in total. The monoisotopic (exact) mass is 377 g/mol. The maximum absolute atomic E-state index is 12.9. The first-order valence-corrected chi connectivity index (χ1v) is 9.47. The van der Waals surface area contributed by atoms with Crippen LogP contribution in [0.15, 0.2) is 42.7 Å². The van der Waals surface area contributed by atoms with Gasteiger partial charge < -0.3 is 10.1 Å². The number of rotatable bonds is 5. The first kappa shape index (κ1) is 18.3. The van der Waals surface area contributed by atoms with Gasteiger partial charge in [-0.3, -0.25) is 9.78 Å². The molecule has 1 fully saturated rings. The Morgan fingerprint density at radius 2 is 2.04 bits per heavy atom. The van der Waals surface area contributed by atoms with Crippen LogP contribution in [0.4, 0.5) is 0 Å².